The quantitative estimate of drug-likeness (QED) is 0.864. The number of aromatic nitrogens is 2. The number of ether oxygens (including phenoxy) is 2. The molecule has 7 heteroatoms. The van der Waals surface area contributed by atoms with Gasteiger partial charge in [-0.05, 0) is 38.5 Å². The Kier molecular flexibility index (Phi) is 3.95. The van der Waals surface area contributed by atoms with Gasteiger partial charge in [0.25, 0.3) is 10.0 Å². The van der Waals surface area contributed by atoms with Gasteiger partial charge in [-0.2, -0.15) is 17.6 Å². The third-order valence-corrected chi connectivity index (χ3v) is 4.85. The maximum atomic E-state index is 12.8. The molecule has 0 spiro atoms. The molecule has 21 heavy (non-hydrogen) atoms. The molecule has 0 unspecified atom stereocenters. The summed E-state index contributed by atoms with van der Waals surface area (Å²) in [5, 5.41) is 4.04. The van der Waals surface area contributed by atoms with Crippen LogP contribution in [0.25, 0.3) is 0 Å². The van der Waals surface area contributed by atoms with Gasteiger partial charge in [0.1, 0.15) is 16.4 Å². The van der Waals surface area contributed by atoms with Crippen LogP contribution in [0.3, 0.4) is 0 Å². The van der Waals surface area contributed by atoms with Crippen molar-refractivity contribution in [2.24, 2.45) is 0 Å². The smallest absolute Gasteiger partial charge is 0.287 e. The lowest BCUT2D eigenvalue weighted by Gasteiger charge is -2.14. The topological polar surface area (TPSA) is 70.4 Å². The molecule has 6 nitrogen and oxygen atoms in total. The number of hydrogen-bond donors (Lipinski definition) is 0. The van der Waals surface area contributed by atoms with Gasteiger partial charge in [0.15, 0.2) is 0 Å². The van der Waals surface area contributed by atoms with Gasteiger partial charge in [-0.3, -0.25) is 0 Å². The molecule has 0 fully saturated rings. The summed E-state index contributed by atoms with van der Waals surface area (Å²) in [6.07, 6.45) is 0. The fraction of sp³-hybridized carbons (Fsp3) is 0.357. The second kappa shape index (κ2) is 5.40. The number of nitrogens with zero attached hydrogens (tertiary/aromatic N) is 2. The summed E-state index contributed by atoms with van der Waals surface area (Å²) >= 11 is 0. The minimum Gasteiger partial charge on any atom is -0.496 e. The molecule has 0 N–H and O–H groups in total. The van der Waals surface area contributed by atoms with Gasteiger partial charge in [-0.1, -0.05) is 0 Å². The van der Waals surface area contributed by atoms with Gasteiger partial charge in [0.2, 0.25) is 0 Å². The zero-order valence-corrected chi connectivity index (χ0v) is 13.5. The molecular weight excluding hydrogens is 292 g/mol. The minimum atomic E-state index is -3.84. The highest BCUT2D eigenvalue weighted by molar-refractivity contribution is 7.90. The van der Waals surface area contributed by atoms with Crippen molar-refractivity contribution in [2.45, 2.75) is 25.7 Å². The highest BCUT2D eigenvalue weighted by atomic mass is 32.2. The second-order valence-corrected chi connectivity index (χ2v) is 6.48. The lowest BCUT2D eigenvalue weighted by Crippen LogP contribution is -2.17. The molecule has 1 aromatic carbocycles. The third-order valence-electron chi connectivity index (χ3n) is 3.15. The Morgan fingerprint density at radius 3 is 2.10 bits per heavy atom. The van der Waals surface area contributed by atoms with Crippen molar-refractivity contribution >= 4 is 10.0 Å². The fourth-order valence-corrected chi connectivity index (χ4v) is 3.68. The molecule has 0 bridgehead atoms. The van der Waals surface area contributed by atoms with Gasteiger partial charge in [0.05, 0.1) is 25.6 Å². The summed E-state index contributed by atoms with van der Waals surface area (Å²) in [4.78, 5) is 0.0265. The van der Waals surface area contributed by atoms with E-state index in [9.17, 15) is 8.42 Å². The molecule has 2 aromatic rings. The lowest BCUT2D eigenvalue weighted by atomic mass is 10.2. The van der Waals surface area contributed by atoms with Crippen LogP contribution in [0.2, 0.25) is 0 Å². The molecule has 0 saturated carbocycles. The molecule has 0 aliphatic rings. The Labute approximate surface area is 124 Å². The first-order chi connectivity index (χ1) is 9.81. The van der Waals surface area contributed by atoms with E-state index in [2.05, 4.69) is 5.10 Å². The first-order valence-corrected chi connectivity index (χ1v) is 7.76. The average molecular weight is 310 g/mol. The summed E-state index contributed by atoms with van der Waals surface area (Å²) in [5.41, 5.74) is 1.96. The van der Waals surface area contributed by atoms with Crippen LogP contribution in [0, 0.1) is 20.8 Å². The number of benzene rings is 1. The van der Waals surface area contributed by atoms with E-state index in [0.717, 1.165) is 9.65 Å². The van der Waals surface area contributed by atoms with E-state index in [0.29, 0.717) is 17.1 Å². The molecule has 0 radical (unpaired) electrons. The van der Waals surface area contributed by atoms with Crippen molar-refractivity contribution in [2.75, 3.05) is 14.2 Å². The van der Waals surface area contributed by atoms with E-state index in [1.165, 1.54) is 20.3 Å². The minimum absolute atomic E-state index is 0.0265. The Bertz CT molecular complexity index is 779. The number of hydrogen-bond acceptors (Lipinski definition) is 5. The molecule has 0 aliphatic carbocycles. The molecule has 0 aliphatic heterocycles. The maximum Gasteiger partial charge on any atom is 0.287 e. The summed E-state index contributed by atoms with van der Waals surface area (Å²) in [7, 11) is -0.914. The normalized spacial score (nSPS) is 11.5. The first kappa shape index (κ1) is 15.4. The van der Waals surface area contributed by atoms with Crippen molar-refractivity contribution in [3.63, 3.8) is 0 Å². The highest BCUT2D eigenvalue weighted by Gasteiger charge is 2.26. The van der Waals surface area contributed by atoms with E-state index < -0.39 is 10.0 Å². The molecule has 0 amide bonds. The average Bonchev–Trinajstić information content (AvgIpc) is 2.77. The van der Waals surface area contributed by atoms with Crippen molar-refractivity contribution in [3.8, 4) is 11.5 Å². The van der Waals surface area contributed by atoms with Crippen molar-refractivity contribution in [1.82, 2.24) is 9.19 Å². The monoisotopic (exact) mass is 310 g/mol. The van der Waals surface area contributed by atoms with Gasteiger partial charge in [-0.25, -0.2) is 0 Å². The number of aryl methyl sites for hydroxylation is 3. The Hall–Kier alpha value is -2.02. The van der Waals surface area contributed by atoms with Crippen LogP contribution < -0.4 is 9.47 Å². The summed E-state index contributed by atoms with van der Waals surface area (Å²) in [6, 6.07) is 4.80. The van der Waals surface area contributed by atoms with E-state index >= 15 is 0 Å². The van der Waals surface area contributed by atoms with Crippen LogP contribution in [0.15, 0.2) is 23.1 Å². The Morgan fingerprint density at radius 1 is 1.00 bits per heavy atom. The SMILES string of the molecule is COc1cc(S(=O)(=O)n2nc(C)cc2C)c(OC)cc1C. The van der Waals surface area contributed by atoms with E-state index in [-0.39, 0.29) is 10.6 Å². The maximum absolute atomic E-state index is 12.8. The number of rotatable bonds is 4. The van der Waals surface area contributed by atoms with E-state index in [1.807, 2.05) is 6.92 Å². The molecule has 1 heterocycles. The van der Waals surface area contributed by atoms with Gasteiger partial charge in [0, 0.05) is 6.07 Å². The summed E-state index contributed by atoms with van der Waals surface area (Å²) in [6.45, 7) is 5.25. The molecule has 114 valence electrons. The van der Waals surface area contributed by atoms with E-state index in [4.69, 9.17) is 9.47 Å². The zero-order chi connectivity index (χ0) is 15.8. The first-order valence-electron chi connectivity index (χ1n) is 6.32. The predicted molar refractivity (Wildman–Crippen MR) is 78.6 cm³/mol. The Balaban J connectivity index is 2.72. The Morgan fingerprint density at radius 2 is 1.62 bits per heavy atom. The van der Waals surface area contributed by atoms with Crippen LogP contribution in [0.4, 0.5) is 0 Å². The largest absolute Gasteiger partial charge is 0.496 e. The van der Waals surface area contributed by atoms with Crippen LogP contribution in [0.1, 0.15) is 17.0 Å². The molecule has 0 atom stereocenters. The summed E-state index contributed by atoms with van der Waals surface area (Å²) in [5.74, 6) is 0.747. The fourth-order valence-electron chi connectivity index (χ4n) is 2.17. The zero-order valence-electron chi connectivity index (χ0n) is 12.7. The molecular formula is C14H18N2O4S. The van der Waals surface area contributed by atoms with Crippen LogP contribution in [0.5, 0.6) is 11.5 Å². The molecule has 0 saturated heterocycles. The van der Waals surface area contributed by atoms with Gasteiger partial charge < -0.3 is 9.47 Å². The van der Waals surface area contributed by atoms with Gasteiger partial charge in [-0.15, -0.1) is 0 Å². The van der Waals surface area contributed by atoms with Crippen molar-refractivity contribution in [1.29, 1.82) is 0 Å². The van der Waals surface area contributed by atoms with E-state index in [1.54, 1.807) is 26.0 Å². The predicted octanol–water partition coefficient (Wildman–Crippen LogP) is 2.06. The second-order valence-electron chi connectivity index (χ2n) is 4.75. The van der Waals surface area contributed by atoms with Crippen LogP contribution >= 0.6 is 0 Å². The molecule has 1 aromatic heterocycles. The third kappa shape index (κ3) is 2.61. The van der Waals surface area contributed by atoms with Crippen LogP contribution in [-0.2, 0) is 10.0 Å². The van der Waals surface area contributed by atoms with Gasteiger partial charge >= 0.3 is 0 Å². The van der Waals surface area contributed by atoms with Crippen LogP contribution in [-0.4, -0.2) is 31.8 Å². The summed E-state index contributed by atoms with van der Waals surface area (Å²) < 4.78 is 37.0. The molecule has 2 rings (SSSR count). The number of methoxy groups -OCH3 is 2. The lowest BCUT2D eigenvalue weighted by molar-refractivity contribution is 0.389. The standard InChI is InChI=1S/C14H18N2O4S/c1-9-6-13(20-5)14(8-12(9)19-4)21(17,18)16-11(3)7-10(2)15-16/h6-8H,1-5H3. The highest BCUT2D eigenvalue weighted by Crippen LogP contribution is 2.33. The van der Waals surface area contributed by atoms with Crippen molar-refractivity contribution < 1.29 is 17.9 Å². The van der Waals surface area contributed by atoms with Crippen molar-refractivity contribution in [3.05, 3.63) is 35.2 Å².